The van der Waals surface area contributed by atoms with Gasteiger partial charge >= 0.3 is 6.01 Å². The van der Waals surface area contributed by atoms with Crippen molar-refractivity contribution in [1.82, 2.24) is 24.8 Å². The lowest BCUT2D eigenvalue weighted by molar-refractivity contribution is 0.160. The van der Waals surface area contributed by atoms with Crippen molar-refractivity contribution >= 4 is 45.2 Å². The van der Waals surface area contributed by atoms with Crippen molar-refractivity contribution in [3.63, 3.8) is 0 Å². The van der Waals surface area contributed by atoms with Gasteiger partial charge < -0.3 is 34.1 Å². The van der Waals surface area contributed by atoms with Crippen LogP contribution in [0.2, 0.25) is 5.02 Å². The molecule has 0 bridgehead atoms. The molecule has 1 saturated heterocycles. The highest BCUT2D eigenvalue weighted by Crippen LogP contribution is 2.33. The third kappa shape index (κ3) is 6.08. The molecule has 0 amide bonds. The summed E-state index contributed by atoms with van der Waals surface area (Å²) in [5.74, 6) is 3.56. The fourth-order valence-electron chi connectivity index (χ4n) is 4.87. The zero-order valence-corrected chi connectivity index (χ0v) is 23.9. The first-order valence-corrected chi connectivity index (χ1v) is 13.8. The van der Waals surface area contributed by atoms with Crippen LogP contribution < -0.4 is 24.3 Å². The minimum absolute atomic E-state index is 0.218. The molecular weight excluding hydrogens is 544 g/mol. The number of hydrogen-bond donors (Lipinski definition) is 2. The van der Waals surface area contributed by atoms with Gasteiger partial charge in [-0.05, 0) is 69.2 Å². The van der Waals surface area contributed by atoms with E-state index in [-0.39, 0.29) is 6.01 Å². The Morgan fingerprint density at radius 3 is 2.56 bits per heavy atom. The molecule has 5 aromatic rings. The zero-order valence-electron chi connectivity index (χ0n) is 23.1. The highest BCUT2D eigenvalue weighted by atomic mass is 35.5. The van der Waals surface area contributed by atoms with Gasteiger partial charge in [0.2, 0.25) is 5.95 Å². The van der Waals surface area contributed by atoms with Gasteiger partial charge in [-0.25, -0.2) is 9.97 Å². The molecule has 1 fully saturated rings. The van der Waals surface area contributed by atoms with Crippen molar-refractivity contribution in [2.24, 2.45) is 5.92 Å². The molecular formula is C30H31ClN6O4. The van der Waals surface area contributed by atoms with Crippen LogP contribution in [0.4, 0.5) is 11.6 Å². The highest BCUT2D eigenvalue weighted by molar-refractivity contribution is 6.32. The first-order valence-electron chi connectivity index (χ1n) is 13.4. The molecule has 0 aliphatic carbocycles. The molecule has 6 rings (SSSR count). The number of likely N-dealkylation sites (tertiary alicyclic amines) is 1. The van der Waals surface area contributed by atoms with Gasteiger partial charge in [-0.2, -0.15) is 4.98 Å². The third-order valence-corrected chi connectivity index (χ3v) is 7.54. The van der Waals surface area contributed by atoms with E-state index in [4.69, 9.17) is 30.5 Å². The SMILES string of the molecule is COc1cc2cnc(Oc3ccc4nc(Nc5ccc(Cl)c(OCC6CCN(C)CC6)c5)[nH]c4c3)nc2cc1OC. The highest BCUT2D eigenvalue weighted by Gasteiger charge is 2.18. The van der Waals surface area contributed by atoms with Crippen molar-refractivity contribution in [1.29, 1.82) is 0 Å². The number of anilines is 2. The van der Waals surface area contributed by atoms with E-state index in [2.05, 4.69) is 37.2 Å². The minimum Gasteiger partial charge on any atom is -0.493 e. The number of aromatic amines is 1. The molecule has 212 valence electrons. The molecule has 0 atom stereocenters. The van der Waals surface area contributed by atoms with Gasteiger partial charge in [0.15, 0.2) is 11.5 Å². The molecule has 3 heterocycles. The summed E-state index contributed by atoms with van der Waals surface area (Å²) in [7, 11) is 5.33. The molecule has 10 nitrogen and oxygen atoms in total. The minimum atomic E-state index is 0.218. The molecule has 0 spiro atoms. The number of aromatic nitrogens is 4. The van der Waals surface area contributed by atoms with Crippen LogP contribution in [-0.2, 0) is 0 Å². The van der Waals surface area contributed by atoms with E-state index >= 15 is 0 Å². The van der Waals surface area contributed by atoms with Gasteiger partial charge in [0.25, 0.3) is 0 Å². The third-order valence-electron chi connectivity index (χ3n) is 7.23. The average Bonchev–Trinajstić information content (AvgIpc) is 3.39. The van der Waals surface area contributed by atoms with E-state index in [1.807, 2.05) is 42.5 Å². The van der Waals surface area contributed by atoms with E-state index in [0.29, 0.717) is 52.0 Å². The van der Waals surface area contributed by atoms with Gasteiger partial charge in [-0.1, -0.05) is 11.6 Å². The number of rotatable bonds is 9. The Kier molecular flexibility index (Phi) is 7.67. The lowest BCUT2D eigenvalue weighted by Gasteiger charge is -2.28. The normalized spacial score (nSPS) is 14.3. The van der Waals surface area contributed by atoms with E-state index in [1.54, 1.807) is 26.5 Å². The number of nitrogens with one attached hydrogen (secondary N) is 2. The van der Waals surface area contributed by atoms with Crippen LogP contribution >= 0.6 is 11.6 Å². The van der Waals surface area contributed by atoms with Crippen LogP contribution in [-0.4, -0.2) is 65.8 Å². The lowest BCUT2D eigenvalue weighted by atomic mass is 9.98. The van der Waals surface area contributed by atoms with Crippen molar-refractivity contribution in [2.45, 2.75) is 12.8 Å². The second-order valence-corrected chi connectivity index (χ2v) is 10.5. The topological polar surface area (TPSA) is 107 Å². The summed E-state index contributed by atoms with van der Waals surface area (Å²) in [5, 5.41) is 4.71. The van der Waals surface area contributed by atoms with Gasteiger partial charge in [0.1, 0.15) is 11.5 Å². The summed E-state index contributed by atoms with van der Waals surface area (Å²) >= 11 is 6.43. The summed E-state index contributed by atoms with van der Waals surface area (Å²) in [6, 6.07) is 15.0. The van der Waals surface area contributed by atoms with Crippen molar-refractivity contribution in [3.05, 3.63) is 59.8 Å². The first kappa shape index (κ1) is 26.9. The number of imidazole rings is 1. The maximum atomic E-state index is 6.43. The number of hydrogen-bond acceptors (Lipinski definition) is 9. The van der Waals surface area contributed by atoms with Crippen LogP contribution in [0.15, 0.2) is 54.7 Å². The number of methoxy groups -OCH3 is 2. The Morgan fingerprint density at radius 2 is 1.76 bits per heavy atom. The summed E-state index contributed by atoms with van der Waals surface area (Å²) in [4.78, 5) is 19.2. The molecule has 0 saturated carbocycles. The molecule has 1 aliphatic heterocycles. The van der Waals surface area contributed by atoms with E-state index in [9.17, 15) is 0 Å². The van der Waals surface area contributed by atoms with Gasteiger partial charge in [0.05, 0.1) is 42.4 Å². The molecule has 2 N–H and O–H groups in total. The molecule has 3 aromatic carbocycles. The quantitative estimate of drug-likeness (QED) is 0.206. The monoisotopic (exact) mass is 574 g/mol. The number of benzene rings is 3. The van der Waals surface area contributed by atoms with Crippen molar-refractivity contribution in [3.8, 4) is 29.0 Å². The van der Waals surface area contributed by atoms with Crippen molar-refractivity contribution in [2.75, 3.05) is 46.3 Å². The summed E-state index contributed by atoms with van der Waals surface area (Å²) in [6.07, 6.45) is 3.95. The summed E-state index contributed by atoms with van der Waals surface area (Å²) in [6.45, 7) is 2.86. The summed E-state index contributed by atoms with van der Waals surface area (Å²) in [5.41, 5.74) is 3.08. The number of nitrogens with zero attached hydrogens (tertiary/aromatic N) is 4. The maximum Gasteiger partial charge on any atom is 0.322 e. The van der Waals surface area contributed by atoms with Gasteiger partial charge in [-0.15, -0.1) is 0 Å². The number of ether oxygens (including phenoxy) is 4. The lowest BCUT2D eigenvalue weighted by Crippen LogP contribution is -2.32. The Hall–Kier alpha value is -4.28. The van der Waals surface area contributed by atoms with Crippen LogP contribution in [0.1, 0.15) is 12.8 Å². The zero-order chi connectivity index (χ0) is 28.3. The van der Waals surface area contributed by atoms with Gasteiger partial charge in [-0.3, -0.25) is 0 Å². The fraction of sp³-hybridized carbons (Fsp3) is 0.300. The smallest absolute Gasteiger partial charge is 0.322 e. The molecule has 0 unspecified atom stereocenters. The van der Waals surface area contributed by atoms with E-state index in [1.165, 1.54) is 0 Å². The average molecular weight is 575 g/mol. The second kappa shape index (κ2) is 11.7. The number of H-pyrrole nitrogens is 1. The predicted octanol–water partition coefficient (Wildman–Crippen LogP) is 6.43. The van der Waals surface area contributed by atoms with Gasteiger partial charge in [0, 0.05) is 35.5 Å². The van der Waals surface area contributed by atoms with E-state index < -0.39 is 0 Å². The molecule has 2 aromatic heterocycles. The fourth-order valence-corrected chi connectivity index (χ4v) is 5.04. The Labute approximate surface area is 242 Å². The summed E-state index contributed by atoms with van der Waals surface area (Å²) < 4.78 is 22.8. The largest absolute Gasteiger partial charge is 0.493 e. The Balaban J connectivity index is 1.15. The van der Waals surface area contributed by atoms with Crippen molar-refractivity contribution < 1.29 is 18.9 Å². The standard InChI is InChI=1S/C30H31ClN6O4/c1-37-10-8-18(9-11-37)17-40-26-13-20(4-6-22(26)31)33-29-34-23-7-5-21(14-25(23)35-29)41-30-32-16-19-12-27(38-2)28(39-3)15-24(19)36-30/h4-7,12-16,18H,8-11,17H2,1-3H3,(H2,33,34,35). The molecule has 0 radical (unpaired) electrons. The van der Waals surface area contributed by atoms with Crippen LogP contribution in [0.3, 0.4) is 0 Å². The number of fused-ring (bicyclic) bond motifs is 2. The van der Waals surface area contributed by atoms with E-state index in [0.717, 1.165) is 48.0 Å². The number of halogens is 1. The predicted molar refractivity (Wildman–Crippen MR) is 159 cm³/mol. The van der Waals surface area contributed by atoms with Crippen LogP contribution in [0.25, 0.3) is 21.9 Å². The Morgan fingerprint density at radius 1 is 0.951 bits per heavy atom. The van der Waals surface area contributed by atoms with Crippen LogP contribution in [0, 0.1) is 5.92 Å². The Bertz CT molecular complexity index is 1690. The molecule has 11 heteroatoms. The maximum absolute atomic E-state index is 6.43. The number of piperidine rings is 1. The van der Waals surface area contributed by atoms with Crippen LogP contribution in [0.5, 0.6) is 29.0 Å². The molecule has 1 aliphatic rings. The first-order chi connectivity index (χ1) is 20.0. The second-order valence-electron chi connectivity index (χ2n) is 10.1. The molecule has 41 heavy (non-hydrogen) atoms.